The van der Waals surface area contributed by atoms with E-state index in [1.807, 2.05) is 11.6 Å². The number of halogens is 1. The molecular formula is C22H20FN3O3S. The molecule has 6 nitrogen and oxygen atoms in total. The van der Waals surface area contributed by atoms with E-state index in [2.05, 4.69) is 4.85 Å². The van der Waals surface area contributed by atoms with E-state index in [9.17, 15) is 17.6 Å². The zero-order valence-electron chi connectivity index (χ0n) is 16.7. The smallest absolute Gasteiger partial charge is 0.280 e. The topological polar surface area (TPSA) is 72.5 Å². The van der Waals surface area contributed by atoms with Crippen LogP contribution < -0.4 is 4.72 Å². The molecule has 8 heteroatoms. The molecule has 154 valence electrons. The van der Waals surface area contributed by atoms with Crippen LogP contribution in [0.15, 0.2) is 48.5 Å². The van der Waals surface area contributed by atoms with E-state index in [0.29, 0.717) is 34.4 Å². The number of hydrogen-bond acceptors (Lipinski definition) is 3. The van der Waals surface area contributed by atoms with Gasteiger partial charge in [-0.05, 0) is 23.6 Å². The van der Waals surface area contributed by atoms with Crippen LogP contribution in [-0.2, 0) is 23.5 Å². The lowest BCUT2D eigenvalue weighted by Crippen LogP contribution is -2.31. The van der Waals surface area contributed by atoms with E-state index in [0.717, 1.165) is 6.26 Å². The van der Waals surface area contributed by atoms with E-state index < -0.39 is 15.9 Å². The Labute approximate surface area is 174 Å². The maximum atomic E-state index is 14.1. The fourth-order valence-corrected chi connectivity index (χ4v) is 3.94. The van der Waals surface area contributed by atoms with Gasteiger partial charge in [0.15, 0.2) is 0 Å². The summed E-state index contributed by atoms with van der Waals surface area (Å²) < 4.78 is 40.8. The zero-order chi connectivity index (χ0) is 22.1. The molecule has 0 saturated heterocycles. The van der Waals surface area contributed by atoms with Gasteiger partial charge in [-0.3, -0.25) is 4.79 Å². The summed E-state index contributed by atoms with van der Waals surface area (Å²) in [6, 6.07) is 13.2. The first-order valence-electron chi connectivity index (χ1n) is 9.14. The number of benzene rings is 2. The van der Waals surface area contributed by atoms with Crippen molar-refractivity contribution in [3.63, 3.8) is 0 Å². The Kier molecular flexibility index (Phi) is 5.76. The highest BCUT2D eigenvalue weighted by molar-refractivity contribution is 7.89. The van der Waals surface area contributed by atoms with Gasteiger partial charge < -0.3 is 4.57 Å². The third-order valence-corrected chi connectivity index (χ3v) is 5.34. The number of nitrogens with one attached hydrogen (secondary N) is 1. The molecule has 1 N–H and O–H groups in total. The largest absolute Gasteiger partial charge is 0.354 e. The predicted molar refractivity (Wildman–Crippen MR) is 114 cm³/mol. The lowest BCUT2D eigenvalue weighted by Gasteiger charge is -2.10. The molecule has 1 amide bonds. The summed E-state index contributed by atoms with van der Waals surface area (Å²) in [6.07, 6.45) is 1.38. The van der Waals surface area contributed by atoms with Crippen molar-refractivity contribution in [3.05, 3.63) is 77.2 Å². The van der Waals surface area contributed by atoms with Crippen LogP contribution >= 0.6 is 0 Å². The SMILES string of the molecule is [C-]#[N+]c1c(-c2ccc(-c3ccccc3F)cc2)c(C(=O)NS(C)(=O)=O)n(C)c1CC. The Morgan fingerprint density at radius 2 is 1.73 bits per heavy atom. The first-order chi connectivity index (χ1) is 14.2. The van der Waals surface area contributed by atoms with E-state index in [-0.39, 0.29) is 17.2 Å². The van der Waals surface area contributed by atoms with Crippen molar-refractivity contribution in [2.75, 3.05) is 6.26 Å². The minimum absolute atomic E-state index is 0.0851. The van der Waals surface area contributed by atoms with E-state index in [1.165, 1.54) is 6.07 Å². The maximum absolute atomic E-state index is 14.1. The Bertz CT molecular complexity index is 1270. The van der Waals surface area contributed by atoms with E-state index in [1.54, 1.807) is 54.1 Å². The molecule has 1 aromatic heterocycles. The summed E-state index contributed by atoms with van der Waals surface area (Å²) in [4.78, 5) is 16.4. The Morgan fingerprint density at radius 3 is 2.27 bits per heavy atom. The number of hydrogen-bond donors (Lipinski definition) is 1. The molecule has 0 saturated carbocycles. The number of rotatable bonds is 5. The van der Waals surface area contributed by atoms with E-state index in [4.69, 9.17) is 6.57 Å². The third-order valence-electron chi connectivity index (χ3n) is 4.79. The lowest BCUT2D eigenvalue weighted by molar-refractivity contribution is 0.0974. The van der Waals surface area contributed by atoms with Gasteiger partial charge in [0.1, 0.15) is 11.5 Å². The molecule has 0 aliphatic heterocycles. The average Bonchev–Trinajstić information content (AvgIpc) is 2.98. The summed E-state index contributed by atoms with van der Waals surface area (Å²) in [5, 5.41) is 0. The summed E-state index contributed by atoms with van der Waals surface area (Å²) >= 11 is 0. The van der Waals surface area contributed by atoms with Crippen molar-refractivity contribution in [1.82, 2.24) is 9.29 Å². The number of carbonyl (C=O) groups excluding carboxylic acids is 1. The highest BCUT2D eigenvalue weighted by Gasteiger charge is 2.27. The molecule has 0 unspecified atom stereocenters. The van der Waals surface area contributed by atoms with Crippen molar-refractivity contribution >= 4 is 21.6 Å². The molecule has 3 rings (SSSR count). The van der Waals surface area contributed by atoms with Gasteiger partial charge in [-0.15, -0.1) is 0 Å². The first kappa shape index (κ1) is 21.3. The van der Waals surface area contributed by atoms with Crippen LogP contribution in [0.4, 0.5) is 10.1 Å². The van der Waals surface area contributed by atoms with Crippen LogP contribution in [-0.4, -0.2) is 25.1 Å². The first-order valence-corrected chi connectivity index (χ1v) is 11.0. The fourth-order valence-electron chi connectivity index (χ4n) is 3.51. The number of sulfonamides is 1. The van der Waals surface area contributed by atoms with Crippen molar-refractivity contribution in [2.24, 2.45) is 7.05 Å². The van der Waals surface area contributed by atoms with Crippen LogP contribution in [0.5, 0.6) is 0 Å². The number of carbonyl (C=O) groups is 1. The van der Waals surface area contributed by atoms with Gasteiger partial charge in [0.05, 0.1) is 12.8 Å². The van der Waals surface area contributed by atoms with Crippen LogP contribution in [0, 0.1) is 12.4 Å². The zero-order valence-corrected chi connectivity index (χ0v) is 17.5. The van der Waals surface area contributed by atoms with E-state index >= 15 is 0 Å². The predicted octanol–water partition coefficient (Wildman–Crippen LogP) is 4.30. The third kappa shape index (κ3) is 3.98. The summed E-state index contributed by atoms with van der Waals surface area (Å²) in [5.41, 5.74) is 3.00. The Morgan fingerprint density at radius 1 is 1.13 bits per heavy atom. The molecular weight excluding hydrogens is 405 g/mol. The number of aromatic nitrogens is 1. The van der Waals surface area contributed by atoms with Crippen LogP contribution in [0.2, 0.25) is 0 Å². The van der Waals surface area contributed by atoms with Gasteiger partial charge in [-0.1, -0.05) is 49.4 Å². The minimum atomic E-state index is -3.78. The second kappa shape index (κ2) is 8.13. The standard InChI is InChI=1S/C22H20FN3O3S/c1-5-18-20(24-2)19(21(26(18)3)22(27)25-30(4,28)29)15-12-10-14(11-13-15)16-8-6-7-9-17(16)23/h6-13H,5H2,1,3-4H3,(H,25,27). The molecule has 1 heterocycles. The second-order valence-corrected chi connectivity index (χ2v) is 8.55. The van der Waals surface area contributed by atoms with Crippen LogP contribution in [0.1, 0.15) is 23.1 Å². The van der Waals surface area contributed by atoms with Crippen LogP contribution in [0.3, 0.4) is 0 Å². The number of nitrogens with zero attached hydrogens (tertiary/aromatic N) is 2. The monoisotopic (exact) mass is 425 g/mol. The molecule has 0 fully saturated rings. The van der Waals surface area contributed by atoms with Gasteiger partial charge in [0.2, 0.25) is 15.7 Å². The summed E-state index contributed by atoms with van der Waals surface area (Å²) in [7, 11) is -2.16. The molecule has 0 bridgehead atoms. The lowest BCUT2D eigenvalue weighted by atomic mass is 9.98. The summed E-state index contributed by atoms with van der Waals surface area (Å²) in [6.45, 7) is 9.48. The van der Waals surface area contributed by atoms with Crippen molar-refractivity contribution < 1.29 is 17.6 Å². The number of amides is 1. The minimum Gasteiger partial charge on any atom is -0.354 e. The molecule has 0 spiro atoms. The summed E-state index contributed by atoms with van der Waals surface area (Å²) in [5.74, 6) is -1.16. The van der Waals surface area contributed by atoms with Crippen LogP contribution in [0.25, 0.3) is 27.1 Å². The fraction of sp³-hybridized carbons (Fsp3) is 0.182. The molecule has 0 aliphatic carbocycles. The molecule has 2 aromatic carbocycles. The van der Waals surface area contributed by atoms with Gasteiger partial charge in [0.25, 0.3) is 5.91 Å². The van der Waals surface area contributed by atoms with Gasteiger partial charge in [0, 0.05) is 23.9 Å². The molecule has 0 atom stereocenters. The second-order valence-electron chi connectivity index (χ2n) is 6.80. The normalized spacial score (nSPS) is 11.2. The van der Waals surface area contributed by atoms with Crippen molar-refractivity contribution in [2.45, 2.75) is 13.3 Å². The molecule has 3 aromatic rings. The van der Waals surface area contributed by atoms with Gasteiger partial charge >= 0.3 is 0 Å². The van der Waals surface area contributed by atoms with Gasteiger partial charge in [-0.25, -0.2) is 22.4 Å². The van der Waals surface area contributed by atoms with Crippen molar-refractivity contribution in [1.29, 1.82) is 0 Å². The molecule has 0 aliphatic rings. The Hall–Kier alpha value is -3.44. The Balaban J connectivity index is 2.19. The van der Waals surface area contributed by atoms with Gasteiger partial charge in [-0.2, -0.15) is 0 Å². The quantitative estimate of drug-likeness (QED) is 0.620. The average molecular weight is 425 g/mol. The maximum Gasteiger partial charge on any atom is 0.280 e. The molecule has 30 heavy (non-hydrogen) atoms. The molecule has 0 radical (unpaired) electrons. The van der Waals surface area contributed by atoms with Crippen molar-refractivity contribution in [3.8, 4) is 22.3 Å². The highest BCUT2D eigenvalue weighted by Crippen LogP contribution is 2.40. The highest BCUT2D eigenvalue weighted by atomic mass is 32.2.